The number of rotatable bonds is 5. The molecule has 0 spiro atoms. The first-order chi connectivity index (χ1) is 5.70. The summed E-state index contributed by atoms with van der Waals surface area (Å²) >= 11 is 0. The number of esters is 1. The van der Waals surface area contributed by atoms with Crippen LogP contribution in [0.15, 0.2) is 12.7 Å². The Labute approximate surface area is 71.6 Å². The number of carbonyl (C=O) groups is 2. The van der Waals surface area contributed by atoms with Crippen LogP contribution in [-0.4, -0.2) is 25.0 Å². The van der Waals surface area contributed by atoms with Crippen LogP contribution in [0.3, 0.4) is 0 Å². The minimum absolute atomic E-state index is 0.202. The Morgan fingerprint density at radius 1 is 1.58 bits per heavy atom. The number of hydrogen-bond donors (Lipinski definition) is 1. The zero-order valence-corrected chi connectivity index (χ0v) is 7.13. The summed E-state index contributed by atoms with van der Waals surface area (Å²) in [6.07, 6.45) is 1.36. The van der Waals surface area contributed by atoms with Crippen molar-refractivity contribution in [2.45, 2.75) is 13.3 Å². The van der Waals surface area contributed by atoms with Crippen LogP contribution >= 0.6 is 0 Å². The fourth-order valence-electron chi connectivity index (χ4n) is 0.593. The summed E-state index contributed by atoms with van der Waals surface area (Å²) in [5.41, 5.74) is 0. The molecular weight excluding hydrogens is 158 g/mol. The van der Waals surface area contributed by atoms with Crippen molar-refractivity contribution in [1.82, 2.24) is 5.32 Å². The van der Waals surface area contributed by atoms with Gasteiger partial charge < -0.3 is 10.1 Å². The van der Waals surface area contributed by atoms with E-state index < -0.39 is 0 Å². The monoisotopic (exact) mass is 171 g/mol. The first-order valence-corrected chi connectivity index (χ1v) is 3.76. The predicted octanol–water partition coefficient (Wildman–Crippen LogP) is 0.242. The van der Waals surface area contributed by atoms with E-state index in [0.29, 0.717) is 13.2 Å². The SMILES string of the molecule is C=CC(=O)NCCC(=O)OCC. The molecule has 0 heterocycles. The number of hydrogen-bond acceptors (Lipinski definition) is 3. The maximum absolute atomic E-state index is 10.7. The molecule has 0 aromatic rings. The fraction of sp³-hybridized carbons (Fsp3) is 0.500. The lowest BCUT2D eigenvalue weighted by Crippen LogP contribution is -2.24. The van der Waals surface area contributed by atoms with Crippen molar-refractivity contribution in [3.8, 4) is 0 Å². The summed E-state index contributed by atoms with van der Waals surface area (Å²) in [6, 6.07) is 0. The Balaban J connectivity index is 3.36. The van der Waals surface area contributed by atoms with Crippen LogP contribution in [-0.2, 0) is 14.3 Å². The maximum atomic E-state index is 10.7. The molecule has 12 heavy (non-hydrogen) atoms. The molecule has 0 aliphatic carbocycles. The van der Waals surface area contributed by atoms with Crippen molar-refractivity contribution in [2.24, 2.45) is 0 Å². The first kappa shape index (κ1) is 10.7. The molecule has 4 nitrogen and oxygen atoms in total. The number of carbonyl (C=O) groups excluding carboxylic acids is 2. The van der Waals surface area contributed by atoms with Gasteiger partial charge in [0, 0.05) is 6.54 Å². The van der Waals surface area contributed by atoms with Crippen molar-refractivity contribution >= 4 is 11.9 Å². The van der Waals surface area contributed by atoms with E-state index in [9.17, 15) is 9.59 Å². The summed E-state index contributed by atoms with van der Waals surface area (Å²) in [4.78, 5) is 21.3. The lowest BCUT2D eigenvalue weighted by molar-refractivity contribution is -0.142. The molecule has 0 aromatic heterocycles. The van der Waals surface area contributed by atoms with Crippen LogP contribution in [0.25, 0.3) is 0 Å². The number of nitrogens with one attached hydrogen (secondary N) is 1. The van der Waals surface area contributed by atoms with Crippen molar-refractivity contribution in [1.29, 1.82) is 0 Å². The van der Waals surface area contributed by atoms with Crippen molar-refractivity contribution in [3.63, 3.8) is 0 Å². The normalized spacial score (nSPS) is 8.75. The molecule has 68 valence electrons. The Hall–Kier alpha value is -1.32. The van der Waals surface area contributed by atoms with Gasteiger partial charge in [-0.3, -0.25) is 9.59 Å². The van der Waals surface area contributed by atoms with Gasteiger partial charge in [-0.15, -0.1) is 0 Å². The van der Waals surface area contributed by atoms with Crippen LogP contribution in [0.5, 0.6) is 0 Å². The molecule has 1 amide bonds. The number of amides is 1. The minimum atomic E-state index is -0.304. The summed E-state index contributed by atoms with van der Waals surface area (Å²) in [6.45, 7) is 5.67. The summed E-state index contributed by atoms with van der Waals surface area (Å²) in [7, 11) is 0. The molecule has 0 aromatic carbocycles. The fourth-order valence-corrected chi connectivity index (χ4v) is 0.593. The minimum Gasteiger partial charge on any atom is -0.466 e. The van der Waals surface area contributed by atoms with Gasteiger partial charge in [0.15, 0.2) is 0 Å². The third-order valence-corrected chi connectivity index (χ3v) is 1.12. The van der Waals surface area contributed by atoms with Crippen molar-refractivity contribution in [3.05, 3.63) is 12.7 Å². The first-order valence-electron chi connectivity index (χ1n) is 3.76. The molecule has 0 atom stereocenters. The van der Waals surface area contributed by atoms with Crippen LogP contribution in [0.4, 0.5) is 0 Å². The van der Waals surface area contributed by atoms with Gasteiger partial charge in [-0.2, -0.15) is 0 Å². The van der Waals surface area contributed by atoms with Crippen LogP contribution in [0.1, 0.15) is 13.3 Å². The topological polar surface area (TPSA) is 55.4 Å². The van der Waals surface area contributed by atoms with E-state index >= 15 is 0 Å². The molecule has 0 unspecified atom stereocenters. The molecule has 1 N–H and O–H groups in total. The van der Waals surface area contributed by atoms with Gasteiger partial charge >= 0.3 is 5.97 Å². The summed E-state index contributed by atoms with van der Waals surface area (Å²) < 4.78 is 4.64. The van der Waals surface area contributed by atoms with Crippen LogP contribution in [0, 0.1) is 0 Å². The molecule has 0 bridgehead atoms. The molecule has 0 aliphatic rings. The third-order valence-electron chi connectivity index (χ3n) is 1.12. The highest BCUT2D eigenvalue weighted by Crippen LogP contribution is 1.83. The predicted molar refractivity (Wildman–Crippen MR) is 44.5 cm³/mol. The molecule has 0 radical (unpaired) electrons. The molecule has 4 heteroatoms. The van der Waals surface area contributed by atoms with Crippen LogP contribution in [0.2, 0.25) is 0 Å². The van der Waals surface area contributed by atoms with E-state index in [0.717, 1.165) is 6.08 Å². The molecule has 0 saturated carbocycles. The van der Waals surface area contributed by atoms with Gasteiger partial charge in [0.2, 0.25) is 5.91 Å². The maximum Gasteiger partial charge on any atom is 0.307 e. The van der Waals surface area contributed by atoms with E-state index in [1.807, 2.05) is 0 Å². The standard InChI is InChI=1S/C8H13NO3/c1-3-7(10)9-6-5-8(11)12-4-2/h3H,1,4-6H2,2H3,(H,9,10). The quantitative estimate of drug-likeness (QED) is 0.476. The molecule has 0 fully saturated rings. The van der Waals surface area contributed by atoms with E-state index in [1.165, 1.54) is 0 Å². The van der Waals surface area contributed by atoms with Gasteiger partial charge in [-0.25, -0.2) is 0 Å². The molecule has 0 rings (SSSR count). The van der Waals surface area contributed by atoms with Gasteiger partial charge in [-0.05, 0) is 13.0 Å². The Bertz CT molecular complexity index is 177. The summed E-state index contributed by atoms with van der Waals surface area (Å²) in [5.74, 6) is -0.582. The van der Waals surface area contributed by atoms with Crippen molar-refractivity contribution < 1.29 is 14.3 Å². The molecular formula is C8H13NO3. The van der Waals surface area contributed by atoms with E-state index in [2.05, 4.69) is 16.6 Å². The second-order valence-electron chi connectivity index (χ2n) is 2.05. The van der Waals surface area contributed by atoms with Gasteiger partial charge in [0.1, 0.15) is 0 Å². The largest absolute Gasteiger partial charge is 0.466 e. The van der Waals surface area contributed by atoms with E-state index in [-0.39, 0.29) is 18.3 Å². The average Bonchev–Trinajstić information content (AvgIpc) is 2.04. The third kappa shape index (κ3) is 5.46. The van der Waals surface area contributed by atoms with Gasteiger partial charge in [0.05, 0.1) is 13.0 Å². The zero-order valence-electron chi connectivity index (χ0n) is 7.13. The lowest BCUT2D eigenvalue weighted by atomic mass is 10.4. The highest BCUT2D eigenvalue weighted by atomic mass is 16.5. The average molecular weight is 171 g/mol. The molecule has 0 saturated heterocycles. The van der Waals surface area contributed by atoms with Crippen LogP contribution < -0.4 is 5.32 Å². The highest BCUT2D eigenvalue weighted by Gasteiger charge is 2.00. The zero-order chi connectivity index (χ0) is 9.40. The van der Waals surface area contributed by atoms with Gasteiger partial charge in [-0.1, -0.05) is 6.58 Å². The highest BCUT2D eigenvalue weighted by molar-refractivity contribution is 5.87. The second-order valence-corrected chi connectivity index (χ2v) is 2.05. The summed E-state index contributed by atoms with van der Waals surface area (Å²) in [5, 5.41) is 2.46. The smallest absolute Gasteiger partial charge is 0.307 e. The number of ether oxygens (including phenoxy) is 1. The Morgan fingerprint density at radius 3 is 2.75 bits per heavy atom. The Morgan fingerprint density at radius 2 is 2.25 bits per heavy atom. The Kier molecular flexibility index (Phi) is 5.69. The van der Waals surface area contributed by atoms with Crippen molar-refractivity contribution in [2.75, 3.05) is 13.2 Å². The van der Waals surface area contributed by atoms with E-state index in [1.54, 1.807) is 6.92 Å². The van der Waals surface area contributed by atoms with Gasteiger partial charge in [0.25, 0.3) is 0 Å². The second kappa shape index (κ2) is 6.39. The van der Waals surface area contributed by atoms with E-state index in [4.69, 9.17) is 0 Å². The lowest BCUT2D eigenvalue weighted by Gasteiger charge is -2.01. The molecule has 0 aliphatic heterocycles.